The first-order chi connectivity index (χ1) is 11.5. The molecule has 1 fully saturated rings. The zero-order valence-corrected chi connectivity index (χ0v) is 14.1. The second-order valence-electron chi connectivity index (χ2n) is 6.00. The highest BCUT2D eigenvalue weighted by Crippen LogP contribution is 2.29. The summed E-state index contributed by atoms with van der Waals surface area (Å²) in [5.41, 5.74) is 1.10. The number of carbonyl (C=O) groups is 1. The highest BCUT2D eigenvalue weighted by atomic mass is 16.5. The van der Waals surface area contributed by atoms with E-state index in [0.717, 1.165) is 12.8 Å². The van der Waals surface area contributed by atoms with Crippen LogP contribution < -0.4 is 5.32 Å². The number of hydrogen-bond donors (Lipinski definition) is 1. The van der Waals surface area contributed by atoms with Gasteiger partial charge in [0, 0.05) is 19.4 Å². The summed E-state index contributed by atoms with van der Waals surface area (Å²) < 4.78 is 10.7. The summed E-state index contributed by atoms with van der Waals surface area (Å²) in [6, 6.07) is -0.344. The smallest absolute Gasteiger partial charge is 0.255 e. The van der Waals surface area contributed by atoms with Crippen molar-refractivity contribution in [3.8, 4) is 0 Å². The fraction of sp³-hybridized carbons (Fsp3) is 0.562. The molecule has 3 heterocycles. The van der Waals surface area contributed by atoms with E-state index in [2.05, 4.69) is 25.4 Å². The van der Waals surface area contributed by atoms with Crippen molar-refractivity contribution < 1.29 is 14.1 Å². The average molecular weight is 331 g/mol. The molecule has 0 aliphatic carbocycles. The lowest BCUT2D eigenvalue weighted by molar-refractivity contribution is 0.0467. The molecule has 8 nitrogen and oxygen atoms in total. The normalized spacial score (nSPS) is 16.8. The standard InChI is InChI=1S/C16H21N5O3/c1-9-13(8-17-10(2)18-9)15(22)20-14(12-4-6-23-7-5-12)16-19-11(3)21-24-16/h8,12,14H,4-7H2,1-3H3,(H,20,22)/t14-/m1/s1. The third-order valence-electron chi connectivity index (χ3n) is 4.18. The van der Waals surface area contributed by atoms with Gasteiger partial charge in [-0.25, -0.2) is 9.97 Å². The number of rotatable bonds is 4. The number of carbonyl (C=O) groups excluding carboxylic acids is 1. The van der Waals surface area contributed by atoms with Gasteiger partial charge in [-0.2, -0.15) is 4.98 Å². The van der Waals surface area contributed by atoms with E-state index in [4.69, 9.17) is 9.26 Å². The monoisotopic (exact) mass is 331 g/mol. The van der Waals surface area contributed by atoms with Gasteiger partial charge >= 0.3 is 0 Å². The van der Waals surface area contributed by atoms with Crippen molar-refractivity contribution in [2.75, 3.05) is 13.2 Å². The third kappa shape index (κ3) is 3.59. The summed E-state index contributed by atoms with van der Waals surface area (Å²) in [5, 5.41) is 6.87. The molecule has 0 aromatic carbocycles. The molecular weight excluding hydrogens is 310 g/mol. The summed E-state index contributed by atoms with van der Waals surface area (Å²) in [5.74, 6) is 1.57. The lowest BCUT2D eigenvalue weighted by Crippen LogP contribution is -2.36. The van der Waals surface area contributed by atoms with Gasteiger partial charge in [-0.1, -0.05) is 5.16 Å². The molecule has 0 saturated carbocycles. The maximum Gasteiger partial charge on any atom is 0.255 e. The minimum absolute atomic E-state index is 0.189. The molecule has 0 bridgehead atoms. The number of ether oxygens (including phenoxy) is 1. The van der Waals surface area contributed by atoms with Crippen LogP contribution in [0.2, 0.25) is 0 Å². The summed E-state index contributed by atoms with van der Waals surface area (Å²) in [6.07, 6.45) is 3.21. The van der Waals surface area contributed by atoms with Gasteiger partial charge < -0.3 is 14.6 Å². The minimum atomic E-state index is -0.344. The molecule has 24 heavy (non-hydrogen) atoms. The molecule has 3 rings (SSSR count). The molecule has 1 N–H and O–H groups in total. The van der Waals surface area contributed by atoms with Crippen LogP contribution in [0.5, 0.6) is 0 Å². The Hall–Kier alpha value is -2.35. The Kier molecular flexibility index (Phi) is 4.84. The van der Waals surface area contributed by atoms with E-state index in [1.165, 1.54) is 0 Å². The molecule has 1 atom stereocenters. The van der Waals surface area contributed by atoms with Gasteiger partial charge in [0.05, 0.1) is 11.3 Å². The SMILES string of the molecule is Cc1noc([C@H](NC(=O)c2cnc(C)nc2C)C2CCOCC2)n1. The van der Waals surface area contributed by atoms with E-state index >= 15 is 0 Å². The first-order valence-electron chi connectivity index (χ1n) is 8.03. The maximum atomic E-state index is 12.7. The number of aryl methyl sites for hydroxylation is 3. The van der Waals surface area contributed by atoms with Crippen molar-refractivity contribution >= 4 is 5.91 Å². The molecule has 0 radical (unpaired) electrons. The van der Waals surface area contributed by atoms with Gasteiger partial charge in [-0.3, -0.25) is 4.79 Å². The molecule has 1 aliphatic rings. The molecule has 1 amide bonds. The van der Waals surface area contributed by atoms with Crippen molar-refractivity contribution in [3.63, 3.8) is 0 Å². The Morgan fingerprint density at radius 3 is 2.58 bits per heavy atom. The van der Waals surface area contributed by atoms with Crippen molar-refractivity contribution in [1.29, 1.82) is 0 Å². The quantitative estimate of drug-likeness (QED) is 0.909. The van der Waals surface area contributed by atoms with E-state index in [1.54, 1.807) is 27.0 Å². The third-order valence-corrected chi connectivity index (χ3v) is 4.18. The van der Waals surface area contributed by atoms with Crippen molar-refractivity contribution in [2.45, 2.75) is 39.7 Å². The predicted molar refractivity (Wildman–Crippen MR) is 84.3 cm³/mol. The van der Waals surface area contributed by atoms with Crippen molar-refractivity contribution in [2.24, 2.45) is 5.92 Å². The van der Waals surface area contributed by atoms with E-state index in [-0.39, 0.29) is 17.9 Å². The Balaban J connectivity index is 1.84. The topological polar surface area (TPSA) is 103 Å². The van der Waals surface area contributed by atoms with Gasteiger partial charge in [0.2, 0.25) is 5.89 Å². The number of hydrogen-bond acceptors (Lipinski definition) is 7. The van der Waals surface area contributed by atoms with E-state index in [0.29, 0.717) is 42.0 Å². The van der Waals surface area contributed by atoms with E-state index in [1.807, 2.05) is 0 Å². The Bertz CT molecular complexity index is 724. The molecule has 1 aliphatic heterocycles. The maximum absolute atomic E-state index is 12.7. The van der Waals surface area contributed by atoms with Crippen LogP contribution in [0.3, 0.4) is 0 Å². The van der Waals surface area contributed by atoms with E-state index < -0.39 is 0 Å². The molecule has 8 heteroatoms. The average Bonchev–Trinajstić information content (AvgIpc) is 2.99. The zero-order chi connectivity index (χ0) is 17.1. The van der Waals surface area contributed by atoms with Gasteiger partial charge in [-0.05, 0) is 39.5 Å². The highest BCUT2D eigenvalue weighted by Gasteiger charge is 2.31. The van der Waals surface area contributed by atoms with E-state index in [9.17, 15) is 4.79 Å². The first kappa shape index (κ1) is 16.5. The molecule has 128 valence electrons. The van der Waals surface area contributed by atoms with Crippen molar-refractivity contribution in [1.82, 2.24) is 25.4 Å². The summed E-state index contributed by atoms with van der Waals surface area (Å²) >= 11 is 0. The molecule has 2 aromatic rings. The predicted octanol–water partition coefficient (Wildman–Crippen LogP) is 1.68. The second kappa shape index (κ2) is 7.04. The van der Waals surface area contributed by atoms with Gasteiger partial charge in [0.1, 0.15) is 11.9 Å². The molecular formula is C16H21N5O3. The number of nitrogens with one attached hydrogen (secondary N) is 1. The molecule has 1 saturated heterocycles. The summed E-state index contributed by atoms with van der Waals surface area (Å²) in [4.78, 5) is 25.4. The highest BCUT2D eigenvalue weighted by molar-refractivity contribution is 5.95. The van der Waals surface area contributed by atoms with Crippen LogP contribution in [0.4, 0.5) is 0 Å². The van der Waals surface area contributed by atoms with Crippen LogP contribution >= 0.6 is 0 Å². The Morgan fingerprint density at radius 2 is 1.96 bits per heavy atom. The Labute approximate surface area is 140 Å². The summed E-state index contributed by atoms with van der Waals surface area (Å²) in [6.45, 7) is 6.67. The van der Waals surface area contributed by atoms with Gasteiger partial charge in [0.15, 0.2) is 5.82 Å². The van der Waals surface area contributed by atoms with Crippen LogP contribution in [0.15, 0.2) is 10.7 Å². The van der Waals surface area contributed by atoms with Crippen LogP contribution in [0.25, 0.3) is 0 Å². The second-order valence-corrected chi connectivity index (χ2v) is 6.00. The van der Waals surface area contributed by atoms with Crippen LogP contribution in [0, 0.1) is 26.7 Å². The number of amides is 1. The number of aromatic nitrogens is 4. The molecule has 2 aromatic heterocycles. The molecule has 0 unspecified atom stereocenters. The largest absolute Gasteiger partial charge is 0.381 e. The molecule has 0 spiro atoms. The van der Waals surface area contributed by atoms with Crippen molar-refractivity contribution in [3.05, 3.63) is 35.0 Å². The lowest BCUT2D eigenvalue weighted by Gasteiger charge is -2.28. The minimum Gasteiger partial charge on any atom is -0.381 e. The van der Waals surface area contributed by atoms with Gasteiger partial charge in [-0.15, -0.1) is 0 Å². The van der Waals surface area contributed by atoms with Gasteiger partial charge in [0.25, 0.3) is 5.91 Å². The zero-order valence-electron chi connectivity index (χ0n) is 14.1. The van der Waals surface area contributed by atoms with Crippen LogP contribution in [-0.2, 0) is 4.74 Å². The Morgan fingerprint density at radius 1 is 1.21 bits per heavy atom. The first-order valence-corrected chi connectivity index (χ1v) is 8.03. The lowest BCUT2D eigenvalue weighted by atomic mass is 9.91. The summed E-state index contributed by atoms with van der Waals surface area (Å²) in [7, 11) is 0. The van der Waals surface area contributed by atoms with Crippen LogP contribution in [0.1, 0.15) is 52.5 Å². The van der Waals surface area contributed by atoms with Crippen LogP contribution in [-0.4, -0.2) is 39.2 Å². The fourth-order valence-electron chi connectivity index (χ4n) is 2.89. The number of nitrogens with zero attached hydrogens (tertiary/aromatic N) is 4. The fourth-order valence-corrected chi connectivity index (χ4v) is 2.89.